The van der Waals surface area contributed by atoms with Crippen molar-refractivity contribution in [2.45, 2.75) is 45.1 Å². The monoisotopic (exact) mass is 444 g/mol. The summed E-state index contributed by atoms with van der Waals surface area (Å²) in [6.45, 7) is 6.17. The van der Waals surface area contributed by atoms with Crippen molar-refractivity contribution in [3.8, 4) is 11.7 Å². The van der Waals surface area contributed by atoms with E-state index in [-0.39, 0.29) is 5.91 Å². The van der Waals surface area contributed by atoms with Crippen molar-refractivity contribution in [2.24, 2.45) is 0 Å². The molecule has 1 amide bonds. The first-order valence-corrected chi connectivity index (χ1v) is 11.4. The van der Waals surface area contributed by atoms with E-state index in [2.05, 4.69) is 31.5 Å². The van der Waals surface area contributed by atoms with Crippen molar-refractivity contribution in [3.05, 3.63) is 42.0 Å². The molecule has 1 fully saturated rings. The van der Waals surface area contributed by atoms with E-state index in [9.17, 15) is 4.79 Å². The summed E-state index contributed by atoms with van der Waals surface area (Å²) in [6.07, 6.45) is 3.64. The van der Waals surface area contributed by atoms with Gasteiger partial charge in [0, 0.05) is 13.0 Å². The topological polar surface area (TPSA) is 115 Å². The van der Waals surface area contributed by atoms with Gasteiger partial charge in [-0.05, 0) is 44.5 Å². The van der Waals surface area contributed by atoms with E-state index >= 15 is 0 Å². The van der Waals surface area contributed by atoms with Crippen LogP contribution in [0.2, 0.25) is 0 Å². The second-order valence-electron chi connectivity index (χ2n) is 8.39. The molecule has 0 aliphatic carbocycles. The largest absolute Gasteiger partial charge is 0.418 e. The van der Waals surface area contributed by atoms with Gasteiger partial charge in [-0.3, -0.25) is 9.69 Å². The maximum absolute atomic E-state index is 14.0. The number of piperidine rings is 1. The number of carbonyl (C=O) groups is 1. The molecule has 0 atom stereocenters. The van der Waals surface area contributed by atoms with Gasteiger partial charge in [-0.25, -0.2) is 15.0 Å². The molecule has 168 valence electrons. The third-order valence-corrected chi connectivity index (χ3v) is 6.73. The van der Waals surface area contributed by atoms with Crippen LogP contribution in [0.4, 0.5) is 11.5 Å². The predicted molar refractivity (Wildman–Crippen MR) is 121 cm³/mol. The molecule has 0 unspecified atom stereocenters. The molecule has 1 spiro atoms. The van der Waals surface area contributed by atoms with Gasteiger partial charge in [-0.2, -0.15) is 0 Å². The Kier molecular flexibility index (Phi) is 4.51. The molecule has 2 aliphatic heterocycles. The summed E-state index contributed by atoms with van der Waals surface area (Å²) in [5.74, 6) is 1.93. The Hall–Kier alpha value is -3.66. The van der Waals surface area contributed by atoms with Crippen LogP contribution in [0.25, 0.3) is 22.9 Å². The summed E-state index contributed by atoms with van der Waals surface area (Å²) in [5, 5.41) is 11.6. The first kappa shape index (κ1) is 20.0. The van der Waals surface area contributed by atoms with Crippen LogP contribution in [0.5, 0.6) is 0 Å². The molecule has 5 heterocycles. The minimum atomic E-state index is -0.544. The normalized spacial score (nSPS) is 17.3. The summed E-state index contributed by atoms with van der Waals surface area (Å²) >= 11 is 0. The van der Waals surface area contributed by atoms with E-state index in [1.807, 2.05) is 36.6 Å². The molecular formula is C23H24N8O2. The molecular weight excluding hydrogens is 420 g/mol. The van der Waals surface area contributed by atoms with Crippen molar-refractivity contribution >= 4 is 28.6 Å². The predicted octanol–water partition coefficient (Wildman–Crippen LogP) is 2.76. The Morgan fingerprint density at radius 1 is 1.12 bits per heavy atom. The fourth-order valence-electron chi connectivity index (χ4n) is 5.10. The zero-order valence-corrected chi connectivity index (χ0v) is 18.6. The number of anilines is 2. The van der Waals surface area contributed by atoms with Gasteiger partial charge >= 0.3 is 0 Å². The fourth-order valence-corrected chi connectivity index (χ4v) is 5.10. The van der Waals surface area contributed by atoms with E-state index in [1.165, 1.54) is 6.33 Å². The standard InChI is InChI=1S/C23H24N8O2/c1-3-16-28-29-21(33-16)20-27-17-18(30(20)4-2)25-13-26-19(17)31-15-8-6-5-7-14(15)23(22(31)32)9-11-24-12-10-23/h5-8,13,24H,3-4,9-12H2,1-2H3. The highest BCUT2D eigenvalue weighted by Crippen LogP contribution is 2.50. The number of aryl methyl sites for hydroxylation is 2. The number of hydrogen-bond donors (Lipinski definition) is 1. The van der Waals surface area contributed by atoms with Crippen molar-refractivity contribution < 1.29 is 9.21 Å². The number of rotatable bonds is 4. The number of nitrogens with one attached hydrogen (secondary N) is 1. The molecule has 0 radical (unpaired) electrons. The highest BCUT2D eigenvalue weighted by atomic mass is 16.4. The van der Waals surface area contributed by atoms with Gasteiger partial charge in [0.2, 0.25) is 17.6 Å². The molecule has 4 aromatic rings. The highest BCUT2D eigenvalue weighted by Gasteiger charge is 2.52. The van der Waals surface area contributed by atoms with Crippen molar-refractivity contribution in [3.63, 3.8) is 0 Å². The van der Waals surface area contributed by atoms with Gasteiger partial charge in [0.1, 0.15) is 6.33 Å². The Balaban J connectivity index is 1.56. The zero-order valence-electron chi connectivity index (χ0n) is 18.6. The van der Waals surface area contributed by atoms with Crippen LogP contribution < -0.4 is 10.2 Å². The second-order valence-corrected chi connectivity index (χ2v) is 8.39. The average Bonchev–Trinajstić information content (AvgIpc) is 3.54. The minimum absolute atomic E-state index is 0.0452. The molecule has 10 heteroatoms. The third-order valence-electron chi connectivity index (χ3n) is 6.73. The quantitative estimate of drug-likeness (QED) is 0.511. The number of para-hydroxylation sites is 1. The van der Waals surface area contributed by atoms with Crippen LogP contribution in [0, 0.1) is 0 Å². The fraction of sp³-hybridized carbons (Fsp3) is 0.391. The van der Waals surface area contributed by atoms with Crippen LogP contribution in [-0.2, 0) is 23.2 Å². The molecule has 1 aromatic carbocycles. The summed E-state index contributed by atoms with van der Waals surface area (Å²) in [7, 11) is 0. The molecule has 6 rings (SSSR count). The Morgan fingerprint density at radius 2 is 1.94 bits per heavy atom. The van der Waals surface area contributed by atoms with Crippen molar-refractivity contribution in [1.82, 2.24) is 35.0 Å². The lowest BCUT2D eigenvalue weighted by molar-refractivity contribution is -0.123. The van der Waals surface area contributed by atoms with Crippen LogP contribution >= 0.6 is 0 Å². The smallest absolute Gasteiger partial charge is 0.284 e. The number of imidazole rings is 1. The molecule has 1 saturated heterocycles. The first-order valence-electron chi connectivity index (χ1n) is 11.4. The van der Waals surface area contributed by atoms with E-state index in [0.717, 1.165) is 37.2 Å². The third kappa shape index (κ3) is 2.76. The van der Waals surface area contributed by atoms with Gasteiger partial charge in [0.05, 0.1) is 11.1 Å². The highest BCUT2D eigenvalue weighted by molar-refractivity contribution is 6.15. The molecule has 0 saturated carbocycles. The van der Waals surface area contributed by atoms with Crippen LogP contribution in [0.1, 0.15) is 38.1 Å². The van der Waals surface area contributed by atoms with E-state index in [1.54, 1.807) is 4.90 Å². The lowest BCUT2D eigenvalue weighted by atomic mass is 9.74. The lowest BCUT2D eigenvalue weighted by Crippen LogP contribution is -2.46. The summed E-state index contributed by atoms with van der Waals surface area (Å²) in [6, 6.07) is 8.01. The first-order chi connectivity index (χ1) is 16.2. The molecule has 33 heavy (non-hydrogen) atoms. The summed E-state index contributed by atoms with van der Waals surface area (Å²) in [4.78, 5) is 29.6. The lowest BCUT2D eigenvalue weighted by Gasteiger charge is -2.32. The Labute approximate surface area is 190 Å². The van der Waals surface area contributed by atoms with Gasteiger partial charge in [-0.1, -0.05) is 25.1 Å². The number of amides is 1. The van der Waals surface area contributed by atoms with Gasteiger partial charge in [-0.15, -0.1) is 10.2 Å². The Morgan fingerprint density at radius 3 is 2.70 bits per heavy atom. The van der Waals surface area contributed by atoms with Gasteiger partial charge in [0.25, 0.3) is 5.89 Å². The number of hydrogen-bond acceptors (Lipinski definition) is 8. The SMILES string of the molecule is CCc1nnc(-c2nc3c(N4C(=O)C5(CCNCC5)c5ccccc54)ncnc3n2CC)o1. The maximum atomic E-state index is 14.0. The molecule has 0 bridgehead atoms. The van der Waals surface area contributed by atoms with Crippen LogP contribution in [0.3, 0.4) is 0 Å². The van der Waals surface area contributed by atoms with Crippen LogP contribution in [-0.4, -0.2) is 48.7 Å². The molecule has 2 aliphatic rings. The molecule has 3 aromatic heterocycles. The number of fused-ring (bicyclic) bond motifs is 3. The second kappa shape index (κ2) is 7.45. The van der Waals surface area contributed by atoms with E-state index in [0.29, 0.717) is 47.6 Å². The van der Waals surface area contributed by atoms with Gasteiger partial charge < -0.3 is 14.3 Å². The number of carbonyl (C=O) groups excluding carboxylic acids is 1. The summed E-state index contributed by atoms with van der Waals surface area (Å²) < 4.78 is 7.70. The van der Waals surface area contributed by atoms with Gasteiger partial charge in [0.15, 0.2) is 17.0 Å². The number of aromatic nitrogens is 6. The zero-order chi connectivity index (χ0) is 22.6. The summed E-state index contributed by atoms with van der Waals surface area (Å²) in [5.41, 5.74) is 2.55. The van der Waals surface area contributed by atoms with Crippen molar-refractivity contribution in [1.29, 1.82) is 0 Å². The number of nitrogens with zero attached hydrogens (tertiary/aromatic N) is 7. The Bertz CT molecular complexity index is 1370. The average molecular weight is 444 g/mol. The maximum Gasteiger partial charge on any atom is 0.284 e. The molecule has 1 N–H and O–H groups in total. The van der Waals surface area contributed by atoms with Crippen molar-refractivity contribution in [2.75, 3.05) is 18.0 Å². The van der Waals surface area contributed by atoms with Crippen LogP contribution in [0.15, 0.2) is 35.0 Å². The number of benzene rings is 1. The molecule has 10 nitrogen and oxygen atoms in total. The minimum Gasteiger partial charge on any atom is -0.418 e. The van der Waals surface area contributed by atoms with E-state index in [4.69, 9.17) is 9.40 Å². The van der Waals surface area contributed by atoms with E-state index < -0.39 is 5.41 Å².